The van der Waals surface area contributed by atoms with E-state index in [4.69, 9.17) is 4.74 Å². The Balaban J connectivity index is 2.68. The van der Waals surface area contributed by atoms with E-state index in [0.717, 1.165) is 0 Å². The normalized spacial score (nSPS) is 13.8. The molecule has 3 nitrogen and oxygen atoms in total. The summed E-state index contributed by atoms with van der Waals surface area (Å²) >= 11 is 0. The number of likely N-dealkylation sites (N-methyl/N-ethyl adjacent to an activating group) is 1. The number of pyridine rings is 1. The first kappa shape index (κ1) is 13.1. The molecule has 1 unspecified atom stereocenters. The molecule has 0 spiro atoms. The number of aromatic nitrogens is 1. The zero-order valence-corrected chi connectivity index (χ0v) is 10.9. The Morgan fingerprint density at radius 3 is 2.56 bits per heavy atom. The second-order valence-electron chi connectivity index (χ2n) is 5.06. The van der Waals surface area contributed by atoms with Gasteiger partial charge in [-0.2, -0.15) is 0 Å². The molecule has 3 heteroatoms. The first-order valence-electron chi connectivity index (χ1n) is 5.65. The van der Waals surface area contributed by atoms with Crippen LogP contribution >= 0.6 is 0 Å². The lowest BCUT2D eigenvalue weighted by molar-refractivity contribution is -0.0139. The van der Waals surface area contributed by atoms with Gasteiger partial charge in [0.15, 0.2) is 0 Å². The van der Waals surface area contributed by atoms with E-state index < -0.39 is 0 Å². The summed E-state index contributed by atoms with van der Waals surface area (Å²) in [6, 6.07) is 2.34. The van der Waals surface area contributed by atoms with Crippen molar-refractivity contribution < 1.29 is 4.74 Å². The first-order chi connectivity index (χ1) is 7.42. The van der Waals surface area contributed by atoms with Crippen LogP contribution in [0.15, 0.2) is 18.5 Å². The third-order valence-electron chi connectivity index (χ3n) is 2.33. The second kappa shape index (κ2) is 5.41. The van der Waals surface area contributed by atoms with E-state index in [9.17, 15) is 0 Å². The number of ether oxygens (including phenoxy) is 1. The van der Waals surface area contributed by atoms with Crippen LogP contribution < -0.4 is 5.32 Å². The quantitative estimate of drug-likeness (QED) is 0.849. The van der Waals surface area contributed by atoms with Crippen LogP contribution in [0, 0.1) is 6.92 Å². The van der Waals surface area contributed by atoms with Crippen molar-refractivity contribution >= 4 is 0 Å². The van der Waals surface area contributed by atoms with Crippen LogP contribution in [0.25, 0.3) is 0 Å². The lowest BCUT2D eigenvalue weighted by atomic mass is 10.1. The van der Waals surface area contributed by atoms with Crippen LogP contribution in [-0.2, 0) is 4.74 Å². The predicted octanol–water partition coefficient (Wildman–Crippen LogP) is 2.47. The first-order valence-corrected chi connectivity index (χ1v) is 5.65. The molecule has 90 valence electrons. The van der Waals surface area contributed by atoms with Crippen LogP contribution in [-0.4, -0.2) is 24.2 Å². The number of aryl methyl sites for hydroxylation is 1. The maximum atomic E-state index is 5.79. The highest BCUT2D eigenvalue weighted by molar-refractivity contribution is 5.20. The standard InChI is InChI=1S/C13H22N2O/c1-10-6-11(8-15-7-10)12(14-5)9-16-13(2,3)4/h6-8,12,14H,9H2,1-5H3. The van der Waals surface area contributed by atoms with E-state index in [-0.39, 0.29) is 11.6 Å². The summed E-state index contributed by atoms with van der Waals surface area (Å²) in [4.78, 5) is 4.20. The smallest absolute Gasteiger partial charge is 0.0669 e. The lowest BCUT2D eigenvalue weighted by Gasteiger charge is -2.24. The zero-order chi connectivity index (χ0) is 12.2. The number of nitrogens with one attached hydrogen (secondary N) is 1. The van der Waals surface area contributed by atoms with Gasteiger partial charge >= 0.3 is 0 Å². The molecule has 0 bridgehead atoms. The van der Waals surface area contributed by atoms with Crippen LogP contribution in [0.1, 0.15) is 37.9 Å². The SMILES string of the molecule is CNC(COC(C)(C)C)c1cncc(C)c1. The van der Waals surface area contributed by atoms with Gasteiger partial charge < -0.3 is 10.1 Å². The molecule has 1 aromatic rings. The second-order valence-corrected chi connectivity index (χ2v) is 5.06. The number of rotatable bonds is 4. The molecule has 16 heavy (non-hydrogen) atoms. The Hall–Kier alpha value is -0.930. The average molecular weight is 222 g/mol. The van der Waals surface area contributed by atoms with Gasteiger partial charge in [0.1, 0.15) is 0 Å². The van der Waals surface area contributed by atoms with Gasteiger partial charge in [-0.3, -0.25) is 4.98 Å². The van der Waals surface area contributed by atoms with Crippen molar-refractivity contribution in [2.75, 3.05) is 13.7 Å². The van der Waals surface area contributed by atoms with Gasteiger partial charge in [0.05, 0.1) is 18.2 Å². The van der Waals surface area contributed by atoms with Gasteiger partial charge in [0.2, 0.25) is 0 Å². The topological polar surface area (TPSA) is 34.1 Å². The van der Waals surface area contributed by atoms with Crippen molar-refractivity contribution in [2.24, 2.45) is 0 Å². The summed E-state index contributed by atoms with van der Waals surface area (Å²) in [6.45, 7) is 8.90. The maximum absolute atomic E-state index is 5.79. The Labute approximate surface area is 98.2 Å². The molecule has 0 saturated carbocycles. The van der Waals surface area contributed by atoms with Crippen LogP contribution in [0.2, 0.25) is 0 Å². The van der Waals surface area contributed by atoms with Crippen molar-refractivity contribution in [1.82, 2.24) is 10.3 Å². The molecule has 0 aliphatic carbocycles. The minimum Gasteiger partial charge on any atom is -0.374 e. The summed E-state index contributed by atoms with van der Waals surface area (Å²) < 4.78 is 5.79. The van der Waals surface area contributed by atoms with Crippen molar-refractivity contribution in [3.05, 3.63) is 29.6 Å². The van der Waals surface area contributed by atoms with Gasteiger partial charge in [-0.05, 0) is 45.9 Å². The molecule has 1 atom stereocenters. The van der Waals surface area contributed by atoms with E-state index in [0.29, 0.717) is 6.61 Å². The average Bonchev–Trinajstić information content (AvgIpc) is 2.17. The van der Waals surface area contributed by atoms with Gasteiger partial charge in [0, 0.05) is 12.4 Å². The summed E-state index contributed by atoms with van der Waals surface area (Å²) in [7, 11) is 1.94. The molecular formula is C13H22N2O. The summed E-state index contributed by atoms with van der Waals surface area (Å²) in [5.74, 6) is 0. The Bertz CT molecular complexity index is 331. The molecular weight excluding hydrogens is 200 g/mol. The number of hydrogen-bond acceptors (Lipinski definition) is 3. The van der Waals surface area contributed by atoms with E-state index in [2.05, 4.69) is 37.1 Å². The lowest BCUT2D eigenvalue weighted by Crippen LogP contribution is -2.28. The van der Waals surface area contributed by atoms with Gasteiger partial charge in [-0.25, -0.2) is 0 Å². The zero-order valence-electron chi connectivity index (χ0n) is 10.9. The molecule has 0 radical (unpaired) electrons. The summed E-state index contributed by atoms with van der Waals surface area (Å²) in [5.41, 5.74) is 2.24. The van der Waals surface area contributed by atoms with Crippen molar-refractivity contribution in [1.29, 1.82) is 0 Å². The Morgan fingerprint density at radius 1 is 1.38 bits per heavy atom. The largest absolute Gasteiger partial charge is 0.374 e. The molecule has 1 heterocycles. The Morgan fingerprint density at radius 2 is 2.06 bits per heavy atom. The molecule has 0 aliphatic rings. The van der Waals surface area contributed by atoms with Crippen LogP contribution in [0.5, 0.6) is 0 Å². The molecule has 0 aliphatic heterocycles. The monoisotopic (exact) mass is 222 g/mol. The molecule has 0 amide bonds. The van der Waals surface area contributed by atoms with E-state index in [1.54, 1.807) is 0 Å². The van der Waals surface area contributed by atoms with Crippen molar-refractivity contribution in [3.8, 4) is 0 Å². The van der Waals surface area contributed by atoms with Crippen molar-refractivity contribution in [3.63, 3.8) is 0 Å². The van der Waals surface area contributed by atoms with Gasteiger partial charge in [-0.15, -0.1) is 0 Å². The molecule has 1 N–H and O–H groups in total. The Kier molecular flexibility index (Phi) is 4.44. The fourth-order valence-corrected chi connectivity index (χ4v) is 1.45. The third-order valence-corrected chi connectivity index (χ3v) is 2.33. The summed E-state index contributed by atoms with van der Waals surface area (Å²) in [6.07, 6.45) is 3.75. The van der Waals surface area contributed by atoms with Crippen molar-refractivity contribution in [2.45, 2.75) is 39.3 Å². The van der Waals surface area contributed by atoms with Gasteiger partial charge in [-0.1, -0.05) is 6.07 Å². The minimum atomic E-state index is -0.105. The molecule has 1 rings (SSSR count). The predicted molar refractivity (Wildman–Crippen MR) is 66.5 cm³/mol. The van der Waals surface area contributed by atoms with E-state index in [1.165, 1.54) is 11.1 Å². The number of hydrogen-bond donors (Lipinski definition) is 1. The van der Waals surface area contributed by atoms with E-state index in [1.807, 2.05) is 26.4 Å². The number of nitrogens with zero attached hydrogens (tertiary/aromatic N) is 1. The third kappa shape index (κ3) is 4.29. The fourth-order valence-electron chi connectivity index (χ4n) is 1.45. The highest BCUT2D eigenvalue weighted by atomic mass is 16.5. The maximum Gasteiger partial charge on any atom is 0.0669 e. The molecule has 1 aromatic heterocycles. The van der Waals surface area contributed by atoms with Crippen LogP contribution in [0.4, 0.5) is 0 Å². The highest BCUT2D eigenvalue weighted by Crippen LogP contribution is 2.16. The molecule has 0 fully saturated rings. The minimum absolute atomic E-state index is 0.105. The molecule has 0 aromatic carbocycles. The van der Waals surface area contributed by atoms with Crippen LogP contribution in [0.3, 0.4) is 0 Å². The molecule has 0 saturated heterocycles. The fraction of sp³-hybridized carbons (Fsp3) is 0.615. The van der Waals surface area contributed by atoms with E-state index >= 15 is 0 Å². The highest BCUT2D eigenvalue weighted by Gasteiger charge is 2.15. The van der Waals surface area contributed by atoms with Gasteiger partial charge in [0.25, 0.3) is 0 Å². The summed E-state index contributed by atoms with van der Waals surface area (Å²) in [5, 5.41) is 3.25.